The van der Waals surface area contributed by atoms with Gasteiger partial charge in [-0.25, -0.2) is 13.2 Å². The van der Waals surface area contributed by atoms with Gasteiger partial charge in [0.15, 0.2) is 11.6 Å². The van der Waals surface area contributed by atoms with Crippen LogP contribution >= 0.6 is 0 Å². The molecule has 9 heteroatoms. The summed E-state index contributed by atoms with van der Waals surface area (Å²) in [7, 11) is 0. The number of hydrogen-bond donors (Lipinski definition) is 1. The Kier molecular flexibility index (Phi) is 7.93. The molecule has 0 spiro atoms. The number of rotatable bonds is 11. The lowest BCUT2D eigenvalue weighted by atomic mass is 10.0. The molecule has 2 fully saturated rings. The molecule has 4 atom stereocenters. The summed E-state index contributed by atoms with van der Waals surface area (Å²) in [5, 5.41) is 12.7. The Labute approximate surface area is 202 Å². The van der Waals surface area contributed by atoms with Gasteiger partial charge in [-0.1, -0.05) is 12.1 Å². The van der Waals surface area contributed by atoms with Gasteiger partial charge in [-0.05, 0) is 48.9 Å². The minimum absolute atomic E-state index is 0.179. The molecule has 6 nitrogen and oxygen atoms in total. The standard InChI is InChI=1S/C26H28F3N3O3/c1-2-34-26(33)17(12-30)9-16-3-5-19(6-4-16)35-8-7-31-25-20-14-32(15-21(20)25)13-18-10-23(28)24(29)11-22(18)27/h3-6,10-11,17,20-21,25,31H,2,7-9,13-15H2,1H3/t17-,20-,21?,25?/m0/s1. The molecule has 0 bridgehead atoms. The van der Waals surface area contributed by atoms with Crippen molar-refractivity contribution in [2.24, 2.45) is 17.8 Å². The topological polar surface area (TPSA) is 74.6 Å². The number of likely N-dealkylation sites (tertiary alicyclic amines) is 1. The van der Waals surface area contributed by atoms with E-state index in [1.54, 1.807) is 6.92 Å². The fraction of sp³-hybridized carbons (Fsp3) is 0.462. The van der Waals surface area contributed by atoms with E-state index >= 15 is 0 Å². The van der Waals surface area contributed by atoms with Gasteiger partial charge in [0, 0.05) is 43.9 Å². The van der Waals surface area contributed by atoms with E-state index in [2.05, 4.69) is 10.2 Å². The smallest absolute Gasteiger partial charge is 0.323 e. The van der Waals surface area contributed by atoms with E-state index in [1.807, 2.05) is 30.3 Å². The summed E-state index contributed by atoms with van der Waals surface area (Å²) in [5.41, 5.74) is 1.03. The molecule has 1 saturated carbocycles. The van der Waals surface area contributed by atoms with Crippen LogP contribution in [-0.4, -0.2) is 49.8 Å². The molecule has 1 N–H and O–H groups in total. The highest BCUT2D eigenvalue weighted by molar-refractivity contribution is 5.75. The molecule has 35 heavy (non-hydrogen) atoms. The van der Waals surface area contributed by atoms with Crippen molar-refractivity contribution in [1.29, 1.82) is 5.26 Å². The number of esters is 1. The average Bonchev–Trinajstić information content (AvgIpc) is 3.29. The van der Waals surface area contributed by atoms with Crippen LogP contribution in [0.1, 0.15) is 18.1 Å². The molecule has 2 aromatic carbocycles. The molecule has 1 heterocycles. The molecule has 2 aromatic rings. The van der Waals surface area contributed by atoms with Gasteiger partial charge in [0.1, 0.15) is 24.1 Å². The summed E-state index contributed by atoms with van der Waals surface area (Å²) in [4.78, 5) is 13.8. The summed E-state index contributed by atoms with van der Waals surface area (Å²) in [6.45, 7) is 4.97. The highest BCUT2D eigenvalue weighted by atomic mass is 19.2. The molecule has 0 radical (unpaired) electrons. The number of fused-ring (bicyclic) bond motifs is 1. The summed E-state index contributed by atoms with van der Waals surface area (Å²) < 4.78 is 51.1. The van der Waals surface area contributed by atoms with Gasteiger partial charge in [0.25, 0.3) is 0 Å². The molecule has 1 aliphatic carbocycles. The number of halogens is 3. The molecular formula is C26H28F3N3O3. The highest BCUT2D eigenvalue weighted by Crippen LogP contribution is 2.45. The van der Waals surface area contributed by atoms with E-state index in [0.29, 0.717) is 49.3 Å². The number of carbonyl (C=O) groups is 1. The van der Waals surface area contributed by atoms with Crippen LogP contribution in [0.3, 0.4) is 0 Å². The third kappa shape index (κ3) is 6.13. The van der Waals surface area contributed by atoms with Crippen LogP contribution in [-0.2, 0) is 22.5 Å². The number of piperidine rings is 1. The van der Waals surface area contributed by atoms with E-state index in [0.717, 1.165) is 24.7 Å². The summed E-state index contributed by atoms with van der Waals surface area (Å²) >= 11 is 0. The molecular weight excluding hydrogens is 459 g/mol. The lowest BCUT2D eigenvalue weighted by Gasteiger charge is -2.20. The van der Waals surface area contributed by atoms with Crippen molar-refractivity contribution in [3.05, 3.63) is 65.0 Å². The fourth-order valence-electron chi connectivity index (χ4n) is 4.75. The molecule has 0 amide bonds. The van der Waals surface area contributed by atoms with Crippen LogP contribution in [0.2, 0.25) is 0 Å². The van der Waals surface area contributed by atoms with E-state index in [1.165, 1.54) is 0 Å². The predicted molar refractivity (Wildman–Crippen MR) is 122 cm³/mol. The van der Waals surface area contributed by atoms with Crippen molar-refractivity contribution < 1.29 is 27.4 Å². The van der Waals surface area contributed by atoms with Gasteiger partial charge < -0.3 is 14.8 Å². The Hall–Kier alpha value is -3.09. The van der Waals surface area contributed by atoms with Gasteiger partial charge >= 0.3 is 5.97 Å². The van der Waals surface area contributed by atoms with E-state index < -0.39 is 29.3 Å². The summed E-state index contributed by atoms with van der Waals surface area (Å²) in [6.07, 6.45) is 0.293. The number of hydrogen-bond acceptors (Lipinski definition) is 6. The normalized spacial score (nSPS) is 21.7. The van der Waals surface area contributed by atoms with Crippen LogP contribution in [0.4, 0.5) is 13.2 Å². The minimum atomic E-state index is -1.17. The maximum absolute atomic E-state index is 13.9. The van der Waals surface area contributed by atoms with Crippen LogP contribution in [0.15, 0.2) is 36.4 Å². The van der Waals surface area contributed by atoms with E-state index in [4.69, 9.17) is 9.47 Å². The number of nitrogens with one attached hydrogen (secondary N) is 1. The maximum Gasteiger partial charge on any atom is 0.323 e. The zero-order valence-electron chi connectivity index (χ0n) is 19.5. The first-order valence-electron chi connectivity index (χ1n) is 11.8. The first-order valence-corrected chi connectivity index (χ1v) is 11.8. The summed E-state index contributed by atoms with van der Waals surface area (Å²) in [5.74, 6) is -2.60. The highest BCUT2D eigenvalue weighted by Gasteiger charge is 2.55. The number of ether oxygens (including phenoxy) is 2. The van der Waals surface area contributed by atoms with Crippen LogP contribution in [0.25, 0.3) is 0 Å². The molecule has 0 aromatic heterocycles. The molecule has 2 unspecified atom stereocenters. The second-order valence-electron chi connectivity index (χ2n) is 8.99. The van der Waals surface area contributed by atoms with Crippen molar-refractivity contribution in [2.75, 3.05) is 32.8 Å². The largest absolute Gasteiger partial charge is 0.492 e. The Morgan fingerprint density at radius 1 is 1.14 bits per heavy atom. The van der Waals surface area contributed by atoms with Crippen molar-refractivity contribution >= 4 is 5.97 Å². The number of benzene rings is 2. The second kappa shape index (κ2) is 11.1. The Morgan fingerprint density at radius 3 is 2.49 bits per heavy atom. The third-order valence-corrected chi connectivity index (χ3v) is 6.59. The monoisotopic (exact) mass is 487 g/mol. The van der Waals surface area contributed by atoms with Gasteiger partial charge in [-0.15, -0.1) is 0 Å². The first-order chi connectivity index (χ1) is 16.9. The van der Waals surface area contributed by atoms with Crippen molar-refractivity contribution in [3.63, 3.8) is 0 Å². The van der Waals surface area contributed by atoms with Gasteiger partial charge in [0.2, 0.25) is 0 Å². The quantitative estimate of drug-likeness (QED) is 0.297. The zero-order valence-corrected chi connectivity index (χ0v) is 19.5. The average molecular weight is 488 g/mol. The minimum Gasteiger partial charge on any atom is -0.492 e. The van der Waals surface area contributed by atoms with Crippen molar-refractivity contribution in [3.8, 4) is 11.8 Å². The molecule has 4 rings (SSSR count). The Balaban J connectivity index is 1.14. The number of nitrogens with zero attached hydrogens (tertiary/aromatic N) is 2. The van der Waals surface area contributed by atoms with Crippen LogP contribution in [0.5, 0.6) is 5.75 Å². The zero-order chi connectivity index (χ0) is 24.9. The second-order valence-corrected chi connectivity index (χ2v) is 8.99. The van der Waals surface area contributed by atoms with Crippen molar-refractivity contribution in [2.45, 2.75) is 25.9 Å². The van der Waals surface area contributed by atoms with Crippen molar-refractivity contribution in [1.82, 2.24) is 10.2 Å². The molecule has 186 valence electrons. The molecule has 1 saturated heterocycles. The van der Waals surface area contributed by atoms with Crippen LogP contribution < -0.4 is 10.1 Å². The summed E-state index contributed by atoms with van der Waals surface area (Å²) in [6, 6.07) is 11.2. The van der Waals surface area contributed by atoms with Gasteiger partial charge in [-0.3, -0.25) is 9.69 Å². The van der Waals surface area contributed by atoms with E-state index in [-0.39, 0.29) is 18.7 Å². The fourth-order valence-corrected chi connectivity index (χ4v) is 4.75. The van der Waals surface area contributed by atoms with Gasteiger partial charge in [-0.2, -0.15) is 5.26 Å². The third-order valence-electron chi connectivity index (χ3n) is 6.59. The Bertz CT molecular complexity index is 1080. The van der Waals surface area contributed by atoms with E-state index in [9.17, 15) is 23.2 Å². The lowest BCUT2D eigenvalue weighted by Crippen LogP contribution is -2.33. The number of nitriles is 1. The lowest BCUT2D eigenvalue weighted by molar-refractivity contribution is -0.145. The SMILES string of the molecule is CCOC(=O)[C@H](C#N)Cc1ccc(OCCNC2C3CN(Cc4cc(F)c(F)cc4F)C[C@@H]32)cc1. The number of carbonyl (C=O) groups excluding carboxylic acids is 1. The molecule has 1 aliphatic heterocycles. The maximum atomic E-state index is 13.9. The van der Waals surface area contributed by atoms with Gasteiger partial charge in [0.05, 0.1) is 12.7 Å². The molecule has 2 aliphatic rings. The predicted octanol–water partition coefficient (Wildman–Crippen LogP) is 3.45. The van der Waals surface area contributed by atoms with Crippen LogP contribution in [0, 0.1) is 46.5 Å². The first kappa shape index (κ1) is 25.0. The Morgan fingerprint density at radius 2 is 1.83 bits per heavy atom.